The lowest BCUT2D eigenvalue weighted by Gasteiger charge is -2.21. The molecule has 26 heavy (non-hydrogen) atoms. The summed E-state index contributed by atoms with van der Waals surface area (Å²) in [4.78, 5) is 4.39. The van der Waals surface area contributed by atoms with Crippen molar-refractivity contribution < 1.29 is 8.98 Å². The molecule has 4 nitrogen and oxygen atoms in total. The van der Waals surface area contributed by atoms with Gasteiger partial charge < -0.3 is 4.42 Å². The number of aromatic nitrogens is 3. The van der Waals surface area contributed by atoms with E-state index in [1.807, 2.05) is 6.07 Å². The Morgan fingerprint density at radius 3 is 2.73 bits per heavy atom. The van der Waals surface area contributed by atoms with Gasteiger partial charge in [0.25, 0.3) is 5.82 Å². The van der Waals surface area contributed by atoms with Gasteiger partial charge in [-0.25, -0.2) is 14.1 Å². The van der Waals surface area contributed by atoms with Gasteiger partial charge in [0, 0.05) is 0 Å². The molecule has 0 radical (unpaired) electrons. The monoisotopic (exact) mass is 346 g/mol. The summed E-state index contributed by atoms with van der Waals surface area (Å²) < 4.78 is 10.7. The van der Waals surface area contributed by atoms with Crippen LogP contribution >= 0.6 is 0 Å². The van der Waals surface area contributed by atoms with Gasteiger partial charge in [-0.05, 0) is 56.4 Å². The molecule has 4 aromatic rings. The van der Waals surface area contributed by atoms with Gasteiger partial charge in [0.05, 0.1) is 7.05 Å². The van der Waals surface area contributed by atoms with Crippen LogP contribution in [0.1, 0.15) is 43.7 Å². The van der Waals surface area contributed by atoms with Crippen molar-refractivity contribution in [3.05, 3.63) is 48.4 Å². The lowest BCUT2D eigenvalue weighted by atomic mass is 9.94. The Hall–Kier alpha value is -2.62. The van der Waals surface area contributed by atoms with Crippen LogP contribution in [-0.4, -0.2) is 9.55 Å². The molecular formula is C22H24N3O+. The Balaban J connectivity index is 1.88. The number of benzene rings is 2. The molecule has 0 bridgehead atoms. The highest BCUT2D eigenvalue weighted by Gasteiger charge is 2.33. The topological polar surface area (TPSA) is 34.8 Å². The molecule has 0 spiro atoms. The third kappa shape index (κ3) is 2.21. The first-order chi connectivity index (χ1) is 12.8. The lowest BCUT2D eigenvalue weighted by Crippen LogP contribution is -2.31. The highest BCUT2D eigenvalue weighted by Crippen LogP contribution is 2.38. The van der Waals surface area contributed by atoms with E-state index in [4.69, 9.17) is 4.42 Å². The van der Waals surface area contributed by atoms with Gasteiger partial charge in [0.15, 0.2) is 23.0 Å². The van der Waals surface area contributed by atoms with Crippen LogP contribution in [0, 0.1) is 6.92 Å². The highest BCUT2D eigenvalue weighted by atomic mass is 16.3. The van der Waals surface area contributed by atoms with Gasteiger partial charge in [-0.3, -0.25) is 0 Å². The largest absolute Gasteiger partial charge is 0.443 e. The van der Waals surface area contributed by atoms with Gasteiger partial charge in [-0.1, -0.05) is 24.6 Å². The van der Waals surface area contributed by atoms with Gasteiger partial charge in [0.2, 0.25) is 0 Å². The van der Waals surface area contributed by atoms with Gasteiger partial charge in [0.1, 0.15) is 17.1 Å². The summed E-state index contributed by atoms with van der Waals surface area (Å²) in [6.07, 6.45) is 8.03. The molecular weight excluding hydrogens is 322 g/mol. The zero-order valence-corrected chi connectivity index (χ0v) is 15.4. The van der Waals surface area contributed by atoms with E-state index in [-0.39, 0.29) is 0 Å². The molecule has 132 valence electrons. The SMILES string of the molecule is Cc1ccc2ncoc2c1-c1n(C2CCCCC2)c2ccccc2[n+]1C. The summed E-state index contributed by atoms with van der Waals surface area (Å²) in [5, 5.41) is 0. The Morgan fingerprint density at radius 1 is 1.08 bits per heavy atom. The molecule has 0 amide bonds. The molecule has 1 aliphatic carbocycles. The number of oxazole rings is 1. The Labute approximate surface area is 153 Å². The first-order valence-electron chi connectivity index (χ1n) is 9.58. The van der Waals surface area contributed by atoms with E-state index in [2.05, 4.69) is 58.4 Å². The minimum atomic E-state index is 0.544. The maximum atomic E-state index is 5.84. The van der Waals surface area contributed by atoms with Gasteiger partial charge in [-0.2, -0.15) is 0 Å². The first kappa shape index (κ1) is 15.6. The second kappa shape index (κ2) is 5.97. The maximum absolute atomic E-state index is 5.84. The zero-order chi connectivity index (χ0) is 17.7. The minimum absolute atomic E-state index is 0.544. The van der Waals surface area contributed by atoms with Crippen molar-refractivity contribution in [1.29, 1.82) is 0 Å². The van der Waals surface area contributed by atoms with E-state index in [0.29, 0.717) is 6.04 Å². The van der Waals surface area contributed by atoms with E-state index in [9.17, 15) is 0 Å². The predicted molar refractivity (Wildman–Crippen MR) is 103 cm³/mol. The molecule has 4 heteroatoms. The predicted octanol–water partition coefficient (Wildman–Crippen LogP) is 5.09. The van der Waals surface area contributed by atoms with Crippen LogP contribution in [0.5, 0.6) is 0 Å². The third-order valence-electron chi connectivity index (χ3n) is 5.92. The molecule has 0 unspecified atom stereocenters. The van der Waals surface area contributed by atoms with Crippen molar-refractivity contribution in [2.45, 2.75) is 45.1 Å². The van der Waals surface area contributed by atoms with Crippen LogP contribution in [0.25, 0.3) is 33.5 Å². The van der Waals surface area contributed by atoms with E-state index in [0.717, 1.165) is 11.1 Å². The second-order valence-electron chi connectivity index (χ2n) is 7.49. The number of hydrogen-bond acceptors (Lipinski definition) is 2. The smallest absolute Gasteiger partial charge is 0.294 e. The van der Waals surface area contributed by atoms with Crippen LogP contribution in [0.15, 0.2) is 47.2 Å². The fourth-order valence-corrected chi connectivity index (χ4v) is 4.64. The first-order valence-corrected chi connectivity index (χ1v) is 9.58. The normalized spacial score (nSPS) is 15.9. The van der Waals surface area contributed by atoms with E-state index >= 15 is 0 Å². The van der Waals surface area contributed by atoms with Crippen molar-refractivity contribution in [2.24, 2.45) is 7.05 Å². The molecule has 2 heterocycles. The van der Waals surface area contributed by atoms with Crippen molar-refractivity contribution >= 4 is 22.1 Å². The molecule has 1 fully saturated rings. The van der Waals surface area contributed by atoms with E-state index < -0.39 is 0 Å². The standard InChI is InChI=1S/C22H24N3O/c1-15-12-13-17-21(26-14-23-17)20(15)22-24(2)18-10-6-7-11-19(18)25(22)16-8-4-3-5-9-16/h6-7,10-14,16H,3-5,8-9H2,1-2H3/q+1. The molecule has 0 atom stereocenters. The van der Waals surface area contributed by atoms with E-state index in [1.165, 1.54) is 60.1 Å². The van der Waals surface area contributed by atoms with Crippen LogP contribution in [0.2, 0.25) is 0 Å². The summed E-state index contributed by atoms with van der Waals surface area (Å²) in [5.41, 5.74) is 6.79. The molecule has 2 aromatic carbocycles. The number of fused-ring (bicyclic) bond motifs is 2. The average molecular weight is 346 g/mol. The highest BCUT2D eigenvalue weighted by molar-refractivity contribution is 5.91. The van der Waals surface area contributed by atoms with Crippen molar-refractivity contribution in [2.75, 3.05) is 0 Å². The molecule has 1 aliphatic rings. The lowest BCUT2D eigenvalue weighted by molar-refractivity contribution is -0.634. The summed E-state index contributed by atoms with van der Waals surface area (Å²) in [6, 6.07) is 13.5. The fraction of sp³-hybridized carbons (Fsp3) is 0.364. The Bertz CT molecular complexity index is 1100. The number of nitrogens with zero attached hydrogens (tertiary/aromatic N) is 3. The summed E-state index contributed by atoms with van der Waals surface area (Å²) in [5.74, 6) is 1.23. The van der Waals surface area contributed by atoms with Crippen molar-refractivity contribution in [3.8, 4) is 11.4 Å². The molecule has 0 saturated heterocycles. The van der Waals surface area contributed by atoms with Crippen LogP contribution < -0.4 is 4.57 Å². The van der Waals surface area contributed by atoms with Crippen molar-refractivity contribution in [1.82, 2.24) is 9.55 Å². The van der Waals surface area contributed by atoms with E-state index in [1.54, 1.807) is 6.39 Å². The minimum Gasteiger partial charge on any atom is -0.443 e. The molecule has 5 rings (SSSR count). The summed E-state index contributed by atoms with van der Waals surface area (Å²) >= 11 is 0. The fourth-order valence-electron chi connectivity index (χ4n) is 4.64. The third-order valence-corrected chi connectivity index (χ3v) is 5.92. The van der Waals surface area contributed by atoms with Gasteiger partial charge >= 0.3 is 0 Å². The molecule has 1 saturated carbocycles. The number of para-hydroxylation sites is 2. The molecule has 0 N–H and O–H groups in total. The number of imidazole rings is 1. The average Bonchev–Trinajstić information content (AvgIpc) is 3.26. The summed E-state index contributed by atoms with van der Waals surface area (Å²) in [6.45, 7) is 2.17. The Kier molecular flexibility index (Phi) is 3.59. The number of rotatable bonds is 2. The number of aryl methyl sites for hydroxylation is 2. The Morgan fingerprint density at radius 2 is 1.88 bits per heavy atom. The van der Waals surface area contributed by atoms with Crippen LogP contribution in [0.4, 0.5) is 0 Å². The van der Waals surface area contributed by atoms with Crippen LogP contribution in [0.3, 0.4) is 0 Å². The second-order valence-corrected chi connectivity index (χ2v) is 7.49. The van der Waals surface area contributed by atoms with Crippen LogP contribution in [-0.2, 0) is 7.05 Å². The molecule has 2 aromatic heterocycles. The van der Waals surface area contributed by atoms with Gasteiger partial charge in [-0.15, -0.1) is 0 Å². The quantitative estimate of drug-likeness (QED) is 0.474. The maximum Gasteiger partial charge on any atom is 0.294 e. The molecule has 0 aliphatic heterocycles. The summed E-state index contributed by atoms with van der Waals surface area (Å²) in [7, 11) is 2.17. The van der Waals surface area contributed by atoms with Crippen molar-refractivity contribution in [3.63, 3.8) is 0 Å². The zero-order valence-electron chi connectivity index (χ0n) is 15.4. The number of hydrogen-bond donors (Lipinski definition) is 0.